The number of anilines is 1. The summed E-state index contributed by atoms with van der Waals surface area (Å²) < 4.78 is 0. The van der Waals surface area contributed by atoms with E-state index in [1.165, 1.54) is 10.8 Å². The average Bonchev–Trinajstić information content (AvgIpc) is 2.36. The lowest BCUT2D eigenvalue weighted by atomic mass is 10.1. The van der Waals surface area contributed by atoms with Crippen molar-refractivity contribution in [2.75, 3.05) is 12.4 Å². The fourth-order valence-corrected chi connectivity index (χ4v) is 2.11. The summed E-state index contributed by atoms with van der Waals surface area (Å²) in [7, 11) is 1.95. The van der Waals surface area contributed by atoms with Gasteiger partial charge in [-0.1, -0.05) is 36.4 Å². The molecule has 0 aliphatic carbocycles. The van der Waals surface area contributed by atoms with Crippen molar-refractivity contribution in [3.05, 3.63) is 48.5 Å². The summed E-state index contributed by atoms with van der Waals surface area (Å²) >= 11 is 0. The zero-order valence-corrected chi connectivity index (χ0v) is 9.07. The van der Waals surface area contributed by atoms with Gasteiger partial charge in [0.25, 0.3) is 0 Å². The van der Waals surface area contributed by atoms with Crippen molar-refractivity contribution in [1.82, 2.24) is 4.98 Å². The van der Waals surface area contributed by atoms with Crippen molar-refractivity contribution in [1.29, 1.82) is 0 Å². The number of rotatable bonds is 1. The summed E-state index contributed by atoms with van der Waals surface area (Å²) in [6.07, 6.45) is 0. The zero-order valence-electron chi connectivity index (χ0n) is 9.07. The van der Waals surface area contributed by atoms with Crippen LogP contribution in [0.15, 0.2) is 48.5 Å². The Kier molecular flexibility index (Phi) is 2.00. The Balaban J connectivity index is 2.56. The summed E-state index contributed by atoms with van der Waals surface area (Å²) in [6, 6.07) is 16.4. The quantitative estimate of drug-likeness (QED) is 0.620. The minimum Gasteiger partial charge on any atom is -0.387 e. The van der Waals surface area contributed by atoms with Crippen LogP contribution in [0, 0.1) is 0 Å². The topological polar surface area (TPSA) is 24.9 Å². The van der Waals surface area contributed by atoms with Crippen LogP contribution in [0.5, 0.6) is 0 Å². The van der Waals surface area contributed by atoms with Crippen molar-refractivity contribution in [2.45, 2.75) is 0 Å². The molecule has 3 rings (SSSR count). The molecule has 0 radical (unpaired) electrons. The molecule has 78 valence electrons. The van der Waals surface area contributed by atoms with Gasteiger partial charge in [-0.3, -0.25) is 0 Å². The summed E-state index contributed by atoms with van der Waals surface area (Å²) in [5, 5.41) is 5.61. The number of hydrogen-bond acceptors (Lipinski definition) is 2. The van der Waals surface area contributed by atoms with E-state index in [2.05, 4.69) is 22.4 Å². The smallest absolute Gasteiger partial charge is 0.0730 e. The molecule has 0 aliphatic heterocycles. The molecule has 1 N–H and O–H groups in total. The SMILES string of the molecule is CNc1c2ccccc2nc2ccccc12. The highest BCUT2D eigenvalue weighted by Gasteiger charge is 2.05. The molecule has 0 spiro atoms. The lowest BCUT2D eigenvalue weighted by Gasteiger charge is -2.09. The number of fused-ring (bicyclic) bond motifs is 2. The third kappa shape index (κ3) is 1.23. The molecule has 16 heavy (non-hydrogen) atoms. The fourth-order valence-electron chi connectivity index (χ4n) is 2.11. The fraction of sp³-hybridized carbons (Fsp3) is 0.0714. The van der Waals surface area contributed by atoms with Crippen LogP contribution >= 0.6 is 0 Å². The Morgan fingerprint density at radius 1 is 0.812 bits per heavy atom. The van der Waals surface area contributed by atoms with E-state index in [-0.39, 0.29) is 0 Å². The van der Waals surface area contributed by atoms with Crippen LogP contribution in [-0.2, 0) is 0 Å². The van der Waals surface area contributed by atoms with Gasteiger partial charge in [0.05, 0.1) is 16.7 Å². The van der Waals surface area contributed by atoms with Crippen LogP contribution in [-0.4, -0.2) is 12.0 Å². The molecular formula is C14H12N2. The van der Waals surface area contributed by atoms with E-state index in [1.54, 1.807) is 0 Å². The monoisotopic (exact) mass is 208 g/mol. The van der Waals surface area contributed by atoms with Gasteiger partial charge >= 0.3 is 0 Å². The minimum absolute atomic E-state index is 1.03. The first-order chi connectivity index (χ1) is 7.90. The Morgan fingerprint density at radius 3 is 1.81 bits per heavy atom. The number of hydrogen-bond donors (Lipinski definition) is 1. The maximum Gasteiger partial charge on any atom is 0.0730 e. The van der Waals surface area contributed by atoms with Crippen LogP contribution in [0.25, 0.3) is 21.8 Å². The van der Waals surface area contributed by atoms with Crippen LogP contribution < -0.4 is 5.32 Å². The van der Waals surface area contributed by atoms with E-state index in [0.29, 0.717) is 0 Å². The van der Waals surface area contributed by atoms with Crippen LogP contribution in [0.2, 0.25) is 0 Å². The van der Waals surface area contributed by atoms with E-state index < -0.39 is 0 Å². The molecule has 0 bridgehead atoms. The van der Waals surface area contributed by atoms with Gasteiger partial charge in [-0.2, -0.15) is 0 Å². The van der Waals surface area contributed by atoms with Gasteiger partial charge in [-0.15, -0.1) is 0 Å². The number of nitrogens with one attached hydrogen (secondary N) is 1. The number of pyridine rings is 1. The summed E-state index contributed by atoms with van der Waals surface area (Å²) in [6.45, 7) is 0. The lowest BCUT2D eigenvalue weighted by Crippen LogP contribution is -1.93. The predicted molar refractivity (Wildman–Crippen MR) is 68.8 cm³/mol. The van der Waals surface area contributed by atoms with Crippen LogP contribution in [0.3, 0.4) is 0 Å². The molecule has 0 amide bonds. The number of para-hydroxylation sites is 2. The Morgan fingerprint density at radius 2 is 1.31 bits per heavy atom. The molecule has 0 saturated carbocycles. The Labute approximate surface area is 93.9 Å². The van der Waals surface area contributed by atoms with E-state index in [4.69, 9.17) is 0 Å². The molecule has 0 aliphatic rings. The lowest BCUT2D eigenvalue weighted by molar-refractivity contribution is 1.47. The van der Waals surface area contributed by atoms with E-state index in [1.807, 2.05) is 43.4 Å². The number of aromatic nitrogens is 1. The van der Waals surface area contributed by atoms with Gasteiger partial charge in [0.2, 0.25) is 0 Å². The summed E-state index contributed by atoms with van der Waals surface area (Å²) in [5.74, 6) is 0. The van der Waals surface area contributed by atoms with E-state index in [9.17, 15) is 0 Å². The highest BCUT2D eigenvalue weighted by molar-refractivity contribution is 6.07. The largest absolute Gasteiger partial charge is 0.387 e. The van der Waals surface area contributed by atoms with Crippen molar-refractivity contribution in [3.8, 4) is 0 Å². The molecular weight excluding hydrogens is 196 g/mol. The standard InChI is InChI=1S/C14H12N2/c1-15-14-10-6-2-4-8-12(10)16-13-9-5-3-7-11(13)14/h2-9H,1H3,(H,15,16). The second-order valence-corrected chi connectivity index (χ2v) is 3.77. The molecule has 2 aromatic carbocycles. The second-order valence-electron chi connectivity index (χ2n) is 3.77. The van der Waals surface area contributed by atoms with Crippen molar-refractivity contribution < 1.29 is 0 Å². The van der Waals surface area contributed by atoms with Crippen molar-refractivity contribution in [2.24, 2.45) is 0 Å². The molecule has 0 unspecified atom stereocenters. The first kappa shape index (κ1) is 9.16. The molecule has 0 saturated heterocycles. The Bertz CT molecular complexity index is 605. The summed E-state index contributed by atoms with van der Waals surface area (Å²) in [5.41, 5.74) is 3.22. The van der Waals surface area contributed by atoms with Crippen LogP contribution in [0.4, 0.5) is 5.69 Å². The van der Waals surface area contributed by atoms with Gasteiger partial charge in [-0.25, -0.2) is 4.98 Å². The van der Waals surface area contributed by atoms with Gasteiger partial charge in [0.15, 0.2) is 0 Å². The first-order valence-electron chi connectivity index (χ1n) is 5.35. The average molecular weight is 208 g/mol. The molecule has 2 heteroatoms. The van der Waals surface area contributed by atoms with E-state index in [0.717, 1.165) is 16.7 Å². The van der Waals surface area contributed by atoms with Gasteiger partial charge in [0.1, 0.15) is 0 Å². The third-order valence-electron chi connectivity index (χ3n) is 2.84. The normalized spacial score (nSPS) is 10.8. The molecule has 2 nitrogen and oxygen atoms in total. The van der Waals surface area contributed by atoms with Crippen molar-refractivity contribution in [3.63, 3.8) is 0 Å². The maximum atomic E-state index is 4.65. The van der Waals surface area contributed by atoms with Crippen LogP contribution in [0.1, 0.15) is 0 Å². The van der Waals surface area contributed by atoms with Crippen molar-refractivity contribution >= 4 is 27.5 Å². The summed E-state index contributed by atoms with van der Waals surface area (Å²) in [4.78, 5) is 4.65. The zero-order chi connectivity index (χ0) is 11.0. The first-order valence-corrected chi connectivity index (χ1v) is 5.35. The third-order valence-corrected chi connectivity index (χ3v) is 2.84. The molecule has 0 atom stereocenters. The highest BCUT2D eigenvalue weighted by atomic mass is 14.8. The molecule has 0 fully saturated rings. The minimum atomic E-state index is 1.03. The second kappa shape index (κ2) is 3.49. The van der Waals surface area contributed by atoms with Gasteiger partial charge in [-0.05, 0) is 12.1 Å². The Hall–Kier alpha value is -2.09. The molecule has 1 heterocycles. The number of benzene rings is 2. The molecule has 3 aromatic rings. The predicted octanol–water partition coefficient (Wildman–Crippen LogP) is 3.43. The number of nitrogens with zero attached hydrogens (tertiary/aromatic N) is 1. The van der Waals surface area contributed by atoms with Gasteiger partial charge in [0, 0.05) is 17.8 Å². The maximum absolute atomic E-state index is 4.65. The molecule has 1 aromatic heterocycles. The van der Waals surface area contributed by atoms with E-state index >= 15 is 0 Å². The van der Waals surface area contributed by atoms with Gasteiger partial charge < -0.3 is 5.32 Å². The highest BCUT2D eigenvalue weighted by Crippen LogP contribution is 2.29.